The number of hydrogen-bond acceptors (Lipinski definition) is 3. The third-order valence-electron chi connectivity index (χ3n) is 4.06. The Morgan fingerprint density at radius 2 is 1.22 bits per heavy atom. The van der Waals surface area contributed by atoms with Crippen molar-refractivity contribution in [1.29, 1.82) is 0 Å². The summed E-state index contributed by atoms with van der Waals surface area (Å²) in [4.78, 5) is 24.6. The first-order valence-corrected chi connectivity index (χ1v) is 9.07. The van der Waals surface area contributed by atoms with Crippen LogP contribution < -0.4 is 0 Å². The average molecular weight is 322 g/mol. The Hall–Kier alpha value is -1.38. The van der Waals surface area contributed by atoms with Gasteiger partial charge in [0.1, 0.15) is 0 Å². The van der Waals surface area contributed by atoms with Crippen molar-refractivity contribution in [3.05, 3.63) is 25.3 Å². The van der Waals surface area contributed by atoms with E-state index in [2.05, 4.69) is 13.2 Å². The van der Waals surface area contributed by atoms with Gasteiger partial charge in [0.2, 0.25) is 0 Å². The number of esters is 2. The minimum atomic E-state index is -0.342. The zero-order valence-electron chi connectivity index (χ0n) is 15.0. The van der Waals surface area contributed by atoms with Gasteiger partial charge in [-0.2, -0.15) is 0 Å². The van der Waals surface area contributed by atoms with Crippen LogP contribution in [-0.4, -0.2) is 11.9 Å². The quantitative estimate of drug-likeness (QED) is 0.181. The Morgan fingerprint density at radius 1 is 0.826 bits per heavy atom. The Kier molecular flexibility index (Phi) is 13.4. The summed E-state index contributed by atoms with van der Waals surface area (Å²) in [7, 11) is 0. The zero-order valence-corrected chi connectivity index (χ0v) is 15.0. The van der Waals surface area contributed by atoms with Crippen LogP contribution in [0.1, 0.15) is 78.1 Å². The first-order chi connectivity index (χ1) is 11.1. The molecule has 0 fully saturated rings. The van der Waals surface area contributed by atoms with Gasteiger partial charge in [-0.3, -0.25) is 9.59 Å². The highest BCUT2D eigenvalue weighted by atomic mass is 16.6. The van der Waals surface area contributed by atoms with Crippen molar-refractivity contribution in [3.8, 4) is 0 Å². The molecular weight excluding hydrogens is 288 g/mol. The molecule has 0 aliphatic heterocycles. The van der Waals surface area contributed by atoms with Gasteiger partial charge in [0.15, 0.2) is 0 Å². The normalized spacial score (nSPS) is 13.1. The molecule has 0 aromatic rings. The molecule has 0 saturated carbocycles. The molecule has 0 heterocycles. The highest BCUT2D eigenvalue weighted by Gasteiger charge is 2.26. The molecule has 2 unspecified atom stereocenters. The van der Waals surface area contributed by atoms with E-state index in [9.17, 15) is 9.59 Å². The van der Waals surface area contributed by atoms with Crippen molar-refractivity contribution in [2.45, 2.75) is 78.1 Å². The molecule has 0 spiro atoms. The van der Waals surface area contributed by atoms with E-state index in [-0.39, 0.29) is 23.8 Å². The summed E-state index contributed by atoms with van der Waals surface area (Å²) in [5, 5.41) is 0. The second-order valence-electron chi connectivity index (χ2n) is 6.15. The van der Waals surface area contributed by atoms with Gasteiger partial charge in [0.05, 0.1) is 11.8 Å². The van der Waals surface area contributed by atoms with E-state index in [0.29, 0.717) is 0 Å². The standard InChI is InChI=1S/C20H34O3/c1-5-9-11-15-17(13-7-3)19(21)23-20(22)18(14-8-4)16-12-10-6-2/h5-6,17-18H,1-2,7-16H2,3-4H3. The number of allylic oxidation sites excluding steroid dienone is 2. The number of carbonyl (C=O) groups excluding carboxylic acids is 2. The summed E-state index contributed by atoms with van der Waals surface area (Å²) in [6.45, 7) is 11.5. The van der Waals surface area contributed by atoms with Crippen molar-refractivity contribution >= 4 is 11.9 Å². The van der Waals surface area contributed by atoms with Crippen LogP contribution >= 0.6 is 0 Å². The molecule has 132 valence electrons. The molecule has 0 amide bonds. The molecule has 0 N–H and O–H groups in total. The molecular formula is C20H34O3. The smallest absolute Gasteiger partial charge is 0.316 e. The maximum Gasteiger partial charge on any atom is 0.316 e. The van der Waals surface area contributed by atoms with E-state index in [4.69, 9.17) is 4.74 Å². The van der Waals surface area contributed by atoms with Crippen LogP contribution in [0.2, 0.25) is 0 Å². The van der Waals surface area contributed by atoms with Crippen molar-refractivity contribution in [2.24, 2.45) is 11.8 Å². The van der Waals surface area contributed by atoms with E-state index in [1.807, 2.05) is 26.0 Å². The van der Waals surface area contributed by atoms with Gasteiger partial charge in [0.25, 0.3) is 0 Å². The first-order valence-electron chi connectivity index (χ1n) is 9.07. The lowest BCUT2D eigenvalue weighted by molar-refractivity contribution is -0.166. The minimum absolute atomic E-state index is 0.167. The molecule has 0 rings (SSSR count). The predicted molar refractivity (Wildman–Crippen MR) is 96.0 cm³/mol. The Bertz CT molecular complexity index is 326. The third-order valence-corrected chi connectivity index (χ3v) is 4.06. The number of rotatable bonds is 14. The van der Waals surface area contributed by atoms with Gasteiger partial charge in [-0.25, -0.2) is 0 Å². The van der Waals surface area contributed by atoms with Crippen LogP contribution in [0.5, 0.6) is 0 Å². The fraction of sp³-hybridized carbons (Fsp3) is 0.700. The second-order valence-corrected chi connectivity index (χ2v) is 6.15. The van der Waals surface area contributed by atoms with Crippen LogP contribution in [0.3, 0.4) is 0 Å². The maximum atomic E-state index is 12.3. The Morgan fingerprint density at radius 3 is 1.52 bits per heavy atom. The Labute approximate surface area is 142 Å². The minimum Gasteiger partial charge on any atom is -0.393 e. The van der Waals surface area contributed by atoms with Crippen LogP contribution in [0.15, 0.2) is 25.3 Å². The van der Waals surface area contributed by atoms with Gasteiger partial charge < -0.3 is 4.74 Å². The topological polar surface area (TPSA) is 43.4 Å². The van der Waals surface area contributed by atoms with Crippen molar-refractivity contribution in [1.82, 2.24) is 0 Å². The average Bonchev–Trinajstić information content (AvgIpc) is 2.53. The number of unbranched alkanes of at least 4 members (excludes halogenated alkanes) is 2. The van der Waals surface area contributed by atoms with E-state index < -0.39 is 0 Å². The van der Waals surface area contributed by atoms with Crippen molar-refractivity contribution < 1.29 is 14.3 Å². The SMILES string of the molecule is C=CCCCC(CCC)C(=O)OC(=O)C(CCC)CCCC=C. The number of hydrogen-bond donors (Lipinski definition) is 0. The van der Waals surface area contributed by atoms with E-state index >= 15 is 0 Å². The zero-order chi connectivity index (χ0) is 17.5. The van der Waals surface area contributed by atoms with Crippen LogP contribution in [0, 0.1) is 11.8 Å². The summed E-state index contributed by atoms with van der Waals surface area (Å²) in [6.07, 6.45) is 12.2. The molecule has 0 aliphatic carbocycles. The lowest BCUT2D eigenvalue weighted by Gasteiger charge is -2.18. The molecule has 2 atom stereocenters. The fourth-order valence-corrected chi connectivity index (χ4v) is 2.74. The lowest BCUT2D eigenvalue weighted by Crippen LogP contribution is -2.26. The van der Waals surface area contributed by atoms with Crippen LogP contribution in [0.25, 0.3) is 0 Å². The van der Waals surface area contributed by atoms with Gasteiger partial charge >= 0.3 is 11.9 Å². The summed E-state index contributed by atoms with van der Waals surface area (Å²) >= 11 is 0. The number of ether oxygens (including phenoxy) is 1. The molecule has 0 aromatic carbocycles. The Balaban J connectivity index is 4.54. The van der Waals surface area contributed by atoms with Gasteiger partial charge in [0, 0.05) is 0 Å². The molecule has 0 aliphatic rings. The molecule has 3 heteroatoms. The van der Waals surface area contributed by atoms with E-state index in [1.165, 1.54) is 0 Å². The highest BCUT2D eigenvalue weighted by molar-refractivity contribution is 5.87. The lowest BCUT2D eigenvalue weighted by atomic mass is 9.95. The molecule has 0 bridgehead atoms. The van der Waals surface area contributed by atoms with Gasteiger partial charge in [-0.1, -0.05) is 38.8 Å². The largest absolute Gasteiger partial charge is 0.393 e. The molecule has 0 radical (unpaired) electrons. The maximum absolute atomic E-state index is 12.3. The first kappa shape index (κ1) is 21.6. The van der Waals surface area contributed by atoms with Gasteiger partial charge in [-0.15, -0.1) is 13.2 Å². The summed E-state index contributed by atoms with van der Waals surface area (Å²) in [5.74, 6) is -1.02. The third kappa shape index (κ3) is 10.1. The van der Waals surface area contributed by atoms with E-state index in [1.54, 1.807) is 0 Å². The molecule has 3 nitrogen and oxygen atoms in total. The van der Waals surface area contributed by atoms with Crippen molar-refractivity contribution in [3.63, 3.8) is 0 Å². The summed E-state index contributed by atoms with van der Waals surface area (Å²) in [5.41, 5.74) is 0. The van der Waals surface area contributed by atoms with Crippen LogP contribution in [-0.2, 0) is 14.3 Å². The monoisotopic (exact) mass is 322 g/mol. The van der Waals surface area contributed by atoms with Crippen molar-refractivity contribution in [2.75, 3.05) is 0 Å². The predicted octanol–water partition coefficient (Wildman–Crippen LogP) is 5.60. The summed E-state index contributed by atoms with van der Waals surface area (Å²) in [6, 6.07) is 0. The fourth-order valence-electron chi connectivity index (χ4n) is 2.74. The molecule has 0 aromatic heterocycles. The number of carbonyl (C=O) groups is 2. The molecule has 0 saturated heterocycles. The second kappa shape index (κ2) is 14.2. The molecule has 23 heavy (non-hydrogen) atoms. The summed E-state index contributed by atoms with van der Waals surface area (Å²) < 4.78 is 5.21. The van der Waals surface area contributed by atoms with Crippen LogP contribution in [0.4, 0.5) is 0 Å². The van der Waals surface area contributed by atoms with E-state index in [0.717, 1.165) is 64.2 Å². The van der Waals surface area contributed by atoms with Gasteiger partial charge in [-0.05, 0) is 51.4 Å². The highest BCUT2D eigenvalue weighted by Crippen LogP contribution is 2.21.